The maximum absolute atomic E-state index is 12.2. The van der Waals surface area contributed by atoms with Crippen LogP contribution in [0.5, 0.6) is 5.75 Å². The van der Waals surface area contributed by atoms with Gasteiger partial charge in [-0.25, -0.2) is 14.8 Å². The third kappa shape index (κ3) is 4.57. The second-order valence-electron chi connectivity index (χ2n) is 6.78. The number of rotatable bonds is 5. The van der Waals surface area contributed by atoms with Crippen LogP contribution < -0.4 is 15.4 Å². The molecular weight excluding hydrogens is 368 g/mol. The van der Waals surface area contributed by atoms with Gasteiger partial charge >= 0.3 is 5.97 Å². The van der Waals surface area contributed by atoms with Crippen LogP contribution in [0.2, 0.25) is 0 Å². The summed E-state index contributed by atoms with van der Waals surface area (Å²) in [4.78, 5) is 32.4. The fourth-order valence-electron chi connectivity index (χ4n) is 3.15. The third-order valence-electron chi connectivity index (χ3n) is 4.51. The lowest BCUT2D eigenvalue weighted by atomic mass is 10.1. The van der Waals surface area contributed by atoms with Crippen molar-refractivity contribution in [2.24, 2.45) is 0 Å². The fourth-order valence-corrected chi connectivity index (χ4v) is 3.15. The molecule has 1 aromatic heterocycles. The number of aromatic nitrogens is 2. The van der Waals surface area contributed by atoms with Crippen molar-refractivity contribution in [1.29, 1.82) is 0 Å². The molecule has 1 amide bonds. The van der Waals surface area contributed by atoms with Crippen molar-refractivity contribution in [2.45, 2.75) is 25.8 Å². The lowest BCUT2D eigenvalue weighted by molar-refractivity contribution is -0.137. The molecule has 1 aliphatic heterocycles. The summed E-state index contributed by atoms with van der Waals surface area (Å²) >= 11 is 0. The predicted octanol–water partition coefficient (Wildman–Crippen LogP) is 3.38. The maximum atomic E-state index is 12.2. The van der Waals surface area contributed by atoms with E-state index < -0.39 is 12.0 Å². The Balaban J connectivity index is 1.50. The Labute approximate surface area is 168 Å². The van der Waals surface area contributed by atoms with E-state index in [1.54, 1.807) is 18.2 Å². The average molecular weight is 388 g/mol. The van der Waals surface area contributed by atoms with E-state index in [2.05, 4.69) is 20.6 Å². The molecule has 2 N–H and O–H groups in total. The highest BCUT2D eigenvalue weighted by Gasteiger charge is 2.28. The minimum Gasteiger partial charge on any atom is -0.425 e. The Hall–Kier alpha value is -3.74. The van der Waals surface area contributed by atoms with Gasteiger partial charge in [-0.1, -0.05) is 36.4 Å². The smallest absolute Gasteiger partial charge is 0.334 e. The molecule has 0 saturated carbocycles. The van der Waals surface area contributed by atoms with Crippen LogP contribution in [0.1, 0.15) is 18.7 Å². The van der Waals surface area contributed by atoms with Gasteiger partial charge in [0.15, 0.2) is 0 Å². The first-order valence-corrected chi connectivity index (χ1v) is 9.36. The normalized spacial score (nSPS) is 15.6. The molecule has 0 bridgehead atoms. The first-order valence-electron chi connectivity index (χ1n) is 9.36. The molecule has 7 nitrogen and oxygen atoms in total. The summed E-state index contributed by atoms with van der Waals surface area (Å²) in [5.41, 5.74) is 2.55. The summed E-state index contributed by atoms with van der Waals surface area (Å²) in [6.07, 6.45) is 0.802. The first kappa shape index (κ1) is 18.6. The summed E-state index contributed by atoms with van der Waals surface area (Å²) in [6.45, 7) is 1.84. The maximum Gasteiger partial charge on any atom is 0.334 e. The van der Waals surface area contributed by atoms with Crippen LogP contribution in [0, 0.1) is 6.92 Å². The Kier molecular flexibility index (Phi) is 5.20. The Morgan fingerprint density at radius 1 is 1.10 bits per heavy atom. The summed E-state index contributed by atoms with van der Waals surface area (Å²) in [5.74, 6) is 1.10. The zero-order chi connectivity index (χ0) is 20.2. The Morgan fingerprint density at radius 2 is 1.93 bits per heavy atom. The van der Waals surface area contributed by atoms with Gasteiger partial charge < -0.3 is 15.4 Å². The monoisotopic (exact) mass is 388 g/mol. The number of nitrogens with zero attached hydrogens (tertiary/aromatic N) is 2. The second-order valence-corrected chi connectivity index (χ2v) is 6.78. The van der Waals surface area contributed by atoms with Gasteiger partial charge in [-0.15, -0.1) is 0 Å². The topological polar surface area (TPSA) is 93.2 Å². The van der Waals surface area contributed by atoms with Crippen molar-refractivity contribution in [1.82, 2.24) is 15.3 Å². The predicted molar refractivity (Wildman–Crippen MR) is 109 cm³/mol. The van der Waals surface area contributed by atoms with Gasteiger partial charge in [-0.3, -0.25) is 4.79 Å². The van der Waals surface area contributed by atoms with Gasteiger partial charge in [0.05, 0.1) is 5.69 Å². The SMILES string of the molecule is Cc1nc(Nc2cccc(OC(=O)C3CCC(=O)N3)c2)cc(-c2ccccc2)n1. The van der Waals surface area contributed by atoms with E-state index in [1.807, 2.05) is 49.4 Å². The minimum absolute atomic E-state index is 0.129. The number of hydrogen-bond acceptors (Lipinski definition) is 6. The van der Waals surface area contributed by atoms with E-state index in [0.29, 0.717) is 30.2 Å². The minimum atomic E-state index is -0.586. The van der Waals surface area contributed by atoms with E-state index in [1.165, 1.54) is 0 Å². The summed E-state index contributed by atoms with van der Waals surface area (Å²) in [7, 11) is 0. The third-order valence-corrected chi connectivity index (χ3v) is 4.51. The van der Waals surface area contributed by atoms with E-state index >= 15 is 0 Å². The summed E-state index contributed by atoms with van der Waals surface area (Å²) in [5, 5.41) is 5.84. The standard InChI is InChI=1S/C22H20N4O3/c1-14-23-19(15-6-3-2-4-7-15)13-20(24-14)25-16-8-5-9-17(12-16)29-22(28)18-10-11-21(27)26-18/h2-9,12-13,18H,10-11H2,1H3,(H,26,27)(H,23,24,25). The zero-order valence-electron chi connectivity index (χ0n) is 15.9. The highest BCUT2D eigenvalue weighted by atomic mass is 16.5. The lowest BCUT2D eigenvalue weighted by Gasteiger charge is -2.12. The number of carbonyl (C=O) groups is 2. The van der Waals surface area contributed by atoms with E-state index in [4.69, 9.17) is 4.74 Å². The lowest BCUT2D eigenvalue weighted by Crippen LogP contribution is -2.36. The quantitative estimate of drug-likeness (QED) is 0.514. The molecule has 0 spiro atoms. The highest BCUT2D eigenvalue weighted by Crippen LogP contribution is 2.24. The van der Waals surface area contributed by atoms with Crippen molar-refractivity contribution in [3.63, 3.8) is 0 Å². The molecule has 1 fully saturated rings. The molecule has 0 radical (unpaired) electrons. The number of carbonyl (C=O) groups excluding carboxylic acids is 2. The van der Waals surface area contributed by atoms with Gasteiger partial charge in [0, 0.05) is 29.8 Å². The molecule has 29 heavy (non-hydrogen) atoms. The molecule has 146 valence electrons. The van der Waals surface area contributed by atoms with E-state index in [9.17, 15) is 9.59 Å². The van der Waals surface area contributed by atoms with Gasteiger partial charge in [0.25, 0.3) is 0 Å². The molecule has 1 aliphatic rings. The van der Waals surface area contributed by atoms with Gasteiger partial charge in [-0.2, -0.15) is 0 Å². The number of nitrogens with one attached hydrogen (secondary N) is 2. The first-order chi connectivity index (χ1) is 14.1. The van der Waals surface area contributed by atoms with Crippen LogP contribution in [0.25, 0.3) is 11.3 Å². The van der Waals surface area contributed by atoms with Crippen LogP contribution in [-0.2, 0) is 9.59 Å². The molecule has 0 aliphatic carbocycles. The molecule has 1 atom stereocenters. The number of esters is 1. The molecular formula is C22H20N4O3. The number of amides is 1. The molecule has 2 heterocycles. The van der Waals surface area contributed by atoms with Crippen LogP contribution in [0.3, 0.4) is 0 Å². The molecule has 3 aromatic rings. The Bertz CT molecular complexity index is 1050. The largest absolute Gasteiger partial charge is 0.425 e. The van der Waals surface area contributed by atoms with E-state index in [-0.39, 0.29) is 5.91 Å². The van der Waals surface area contributed by atoms with Crippen molar-refractivity contribution < 1.29 is 14.3 Å². The van der Waals surface area contributed by atoms with Crippen molar-refractivity contribution in [3.05, 3.63) is 66.5 Å². The van der Waals surface area contributed by atoms with Crippen molar-refractivity contribution in [3.8, 4) is 17.0 Å². The van der Waals surface area contributed by atoms with Crippen LogP contribution in [0.4, 0.5) is 11.5 Å². The number of benzene rings is 2. The molecule has 7 heteroatoms. The van der Waals surface area contributed by atoms with Gasteiger partial charge in [0.2, 0.25) is 5.91 Å². The molecule has 1 unspecified atom stereocenters. The van der Waals surface area contributed by atoms with Crippen LogP contribution in [0.15, 0.2) is 60.7 Å². The Morgan fingerprint density at radius 3 is 2.69 bits per heavy atom. The van der Waals surface area contributed by atoms with Crippen LogP contribution >= 0.6 is 0 Å². The number of ether oxygens (including phenoxy) is 1. The number of aryl methyl sites for hydroxylation is 1. The van der Waals surface area contributed by atoms with Crippen molar-refractivity contribution in [2.75, 3.05) is 5.32 Å². The summed E-state index contributed by atoms with van der Waals surface area (Å²) in [6, 6.07) is 18.2. The van der Waals surface area contributed by atoms with Crippen LogP contribution in [-0.4, -0.2) is 27.9 Å². The summed E-state index contributed by atoms with van der Waals surface area (Å²) < 4.78 is 5.42. The van der Waals surface area contributed by atoms with Gasteiger partial charge in [-0.05, 0) is 25.5 Å². The number of hydrogen-bond donors (Lipinski definition) is 2. The molecule has 4 rings (SSSR count). The van der Waals surface area contributed by atoms with Crippen molar-refractivity contribution >= 4 is 23.4 Å². The average Bonchev–Trinajstić information content (AvgIpc) is 3.15. The second kappa shape index (κ2) is 8.10. The highest BCUT2D eigenvalue weighted by molar-refractivity contribution is 5.89. The zero-order valence-corrected chi connectivity index (χ0v) is 15.9. The van der Waals surface area contributed by atoms with Gasteiger partial charge in [0.1, 0.15) is 23.4 Å². The van der Waals surface area contributed by atoms with E-state index in [0.717, 1.165) is 16.9 Å². The molecule has 2 aromatic carbocycles. The number of anilines is 2. The molecule has 1 saturated heterocycles. The fraction of sp³-hybridized carbons (Fsp3) is 0.182.